The van der Waals surface area contributed by atoms with Crippen molar-refractivity contribution in [2.75, 3.05) is 5.32 Å². The number of para-hydroxylation sites is 1. The molecule has 1 amide bonds. The Balaban J connectivity index is 1.69. The molecule has 1 aliphatic rings. The van der Waals surface area contributed by atoms with Crippen molar-refractivity contribution in [1.82, 2.24) is 10.3 Å². The van der Waals surface area contributed by atoms with E-state index in [9.17, 15) is 4.79 Å². The van der Waals surface area contributed by atoms with Crippen LogP contribution in [-0.2, 0) is 0 Å². The third-order valence-corrected chi connectivity index (χ3v) is 4.36. The minimum absolute atomic E-state index is 0.0298. The van der Waals surface area contributed by atoms with Crippen LogP contribution in [0.4, 0.5) is 11.4 Å². The van der Waals surface area contributed by atoms with Crippen molar-refractivity contribution in [1.29, 1.82) is 0 Å². The molecule has 4 heteroatoms. The monoisotopic (exact) mass is 309 g/mol. The van der Waals surface area contributed by atoms with Crippen molar-refractivity contribution in [3.63, 3.8) is 0 Å². The van der Waals surface area contributed by atoms with Crippen molar-refractivity contribution >= 4 is 17.3 Å². The van der Waals surface area contributed by atoms with E-state index in [4.69, 9.17) is 0 Å². The molecule has 4 nitrogen and oxygen atoms in total. The Morgan fingerprint density at radius 3 is 2.70 bits per heavy atom. The number of aromatic nitrogens is 1. The molecule has 0 spiro atoms. The highest BCUT2D eigenvalue weighted by Crippen LogP contribution is 2.21. The lowest BCUT2D eigenvalue weighted by molar-refractivity contribution is 0.0927. The summed E-state index contributed by atoms with van der Waals surface area (Å²) >= 11 is 0. The van der Waals surface area contributed by atoms with Gasteiger partial charge in [0.15, 0.2) is 0 Å². The number of amides is 1. The third-order valence-electron chi connectivity index (χ3n) is 4.36. The van der Waals surface area contributed by atoms with Gasteiger partial charge in [0.05, 0.1) is 17.4 Å². The van der Waals surface area contributed by atoms with E-state index in [0.717, 1.165) is 29.8 Å². The number of nitrogens with zero attached hydrogens (tertiary/aromatic N) is 1. The van der Waals surface area contributed by atoms with Gasteiger partial charge < -0.3 is 10.6 Å². The largest absolute Gasteiger partial charge is 0.354 e. The Bertz CT molecular complexity index is 678. The van der Waals surface area contributed by atoms with Crippen LogP contribution in [0.25, 0.3) is 0 Å². The normalized spacial score (nSPS) is 15.2. The first-order valence-corrected chi connectivity index (χ1v) is 8.31. The quantitative estimate of drug-likeness (QED) is 0.890. The van der Waals surface area contributed by atoms with Crippen LogP contribution >= 0.6 is 0 Å². The molecule has 1 fully saturated rings. The minimum atomic E-state index is -0.0298. The molecule has 1 aliphatic carbocycles. The van der Waals surface area contributed by atoms with Gasteiger partial charge in [-0.2, -0.15) is 0 Å². The zero-order valence-corrected chi connectivity index (χ0v) is 13.5. The first-order valence-electron chi connectivity index (χ1n) is 8.31. The highest BCUT2D eigenvalue weighted by molar-refractivity contribution is 5.95. The van der Waals surface area contributed by atoms with Gasteiger partial charge in [-0.1, -0.05) is 37.5 Å². The molecule has 1 aromatic heterocycles. The highest BCUT2D eigenvalue weighted by Gasteiger charge is 2.17. The number of hydrogen-bond donors (Lipinski definition) is 2. The fourth-order valence-electron chi connectivity index (χ4n) is 3.02. The van der Waals surface area contributed by atoms with Crippen LogP contribution in [0.3, 0.4) is 0 Å². The summed E-state index contributed by atoms with van der Waals surface area (Å²) in [5.41, 5.74) is 3.62. The minimum Gasteiger partial charge on any atom is -0.354 e. The van der Waals surface area contributed by atoms with Gasteiger partial charge in [-0.15, -0.1) is 0 Å². The van der Waals surface area contributed by atoms with Crippen LogP contribution < -0.4 is 10.6 Å². The molecule has 0 saturated heterocycles. The molecule has 1 aromatic carbocycles. The van der Waals surface area contributed by atoms with Crippen molar-refractivity contribution in [2.45, 2.75) is 45.1 Å². The molecule has 2 aromatic rings. The number of aryl methyl sites for hydroxylation is 1. The van der Waals surface area contributed by atoms with Gasteiger partial charge in [0.25, 0.3) is 5.91 Å². The maximum absolute atomic E-state index is 12.4. The molecular weight excluding hydrogens is 286 g/mol. The van der Waals surface area contributed by atoms with Gasteiger partial charge in [0, 0.05) is 17.9 Å². The Hall–Kier alpha value is -2.36. The molecule has 1 saturated carbocycles. The van der Waals surface area contributed by atoms with Gasteiger partial charge in [-0.3, -0.25) is 9.78 Å². The number of nitrogens with one attached hydrogen (secondary N) is 2. The van der Waals surface area contributed by atoms with Crippen LogP contribution in [-0.4, -0.2) is 16.9 Å². The van der Waals surface area contributed by atoms with Gasteiger partial charge >= 0.3 is 0 Å². The molecule has 2 N–H and O–H groups in total. The van der Waals surface area contributed by atoms with Crippen LogP contribution in [0.15, 0.2) is 42.7 Å². The average Bonchev–Trinajstić information content (AvgIpc) is 2.58. The van der Waals surface area contributed by atoms with Crippen molar-refractivity contribution in [3.05, 3.63) is 53.9 Å². The van der Waals surface area contributed by atoms with Gasteiger partial charge in [0.2, 0.25) is 0 Å². The van der Waals surface area contributed by atoms with Crippen molar-refractivity contribution < 1.29 is 4.79 Å². The third kappa shape index (κ3) is 4.09. The number of carbonyl (C=O) groups is 1. The van der Waals surface area contributed by atoms with E-state index in [-0.39, 0.29) is 5.91 Å². The summed E-state index contributed by atoms with van der Waals surface area (Å²) in [5.74, 6) is -0.0298. The Morgan fingerprint density at radius 2 is 1.91 bits per heavy atom. The number of rotatable bonds is 4. The zero-order chi connectivity index (χ0) is 16.1. The first kappa shape index (κ1) is 15.5. The molecule has 120 valence electrons. The standard InChI is InChI=1S/C19H23N3O/c1-14-7-5-6-10-18(14)21-17-11-15(12-20-13-17)19(23)22-16-8-3-2-4-9-16/h5-7,10-13,16,21H,2-4,8-9H2,1H3,(H,22,23). The lowest BCUT2D eigenvalue weighted by Gasteiger charge is -2.22. The highest BCUT2D eigenvalue weighted by atomic mass is 16.1. The SMILES string of the molecule is Cc1ccccc1Nc1cncc(C(=O)NC2CCCCC2)c1. The molecular formula is C19H23N3O. The number of carbonyl (C=O) groups excluding carboxylic acids is 1. The summed E-state index contributed by atoms with van der Waals surface area (Å²) in [5, 5.41) is 6.46. The fraction of sp³-hybridized carbons (Fsp3) is 0.368. The Morgan fingerprint density at radius 1 is 1.13 bits per heavy atom. The predicted molar refractivity (Wildman–Crippen MR) is 93.0 cm³/mol. The number of hydrogen-bond acceptors (Lipinski definition) is 3. The van der Waals surface area contributed by atoms with E-state index in [2.05, 4.69) is 28.6 Å². The molecule has 0 aliphatic heterocycles. The van der Waals surface area contributed by atoms with Gasteiger partial charge in [-0.25, -0.2) is 0 Å². The predicted octanol–water partition coefficient (Wildman–Crippen LogP) is 4.20. The number of benzene rings is 1. The van der Waals surface area contributed by atoms with E-state index >= 15 is 0 Å². The second-order valence-corrected chi connectivity index (χ2v) is 6.21. The van der Waals surface area contributed by atoms with Crippen LogP contribution in [0.1, 0.15) is 48.0 Å². The molecule has 23 heavy (non-hydrogen) atoms. The van der Waals surface area contributed by atoms with E-state index < -0.39 is 0 Å². The Labute approximate surface area is 137 Å². The van der Waals surface area contributed by atoms with Gasteiger partial charge in [-0.05, 0) is 37.5 Å². The summed E-state index contributed by atoms with van der Waals surface area (Å²) in [4.78, 5) is 16.6. The number of anilines is 2. The van der Waals surface area contributed by atoms with Crippen LogP contribution in [0.5, 0.6) is 0 Å². The van der Waals surface area contributed by atoms with E-state index in [1.807, 2.05) is 24.3 Å². The topological polar surface area (TPSA) is 54.0 Å². The summed E-state index contributed by atoms with van der Waals surface area (Å²) < 4.78 is 0. The average molecular weight is 309 g/mol. The lowest BCUT2D eigenvalue weighted by Crippen LogP contribution is -2.36. The second kappa shape index (κ2) is 7.27. The lowest BCUT2D eigenvalue weighted by atomic mass is 9.95. The smallest absolute Gasteiger partial charge is 0.253 e. The van der Waals surface area contributed by atoms with Crippen LogP contribution in [0.2, 0.25) is 0 Å². The summed E-state index contributed by atoms with van der Waals surface area (Å²) in [6, 6.07) is 10.2. The van der Waals surface area contributed by atoms with Crippen molar-refractivity contribution in [2.24, 2.45) is 0 Å². The first-order chi connectivity index (χ1) is 11.2. The molecule has 0 atom stereocenters. The summed E-state index contributed by atoms with van der Waals surface area (Å²) in [7, 11) is 0. The maximum atomic E-state index is 12.4. The molecule has 0 unspecified atom stereocenters. The number of pyridine rings is 1. The van der Waals surface area contributed by atoms with E-state index in [1.54, 1.807) is 12.4 Å². The van der Waals surface area contributed by atoms with Gasteiger partial charge in [0.1, 0.15) is 0 Å². The van der Waals surface area contributed by atoms with E-state index in [1.165, 1.54) is 19.3 Å². The Kier molecular flexibility index (Phi) is 4.91. The maximum Gasteiger partial charge on any atom is 0.253 e. The van der Waals surface area contributed by atoms with E-state index in [0.29, 0.717) is 11.6 Å². The molecule has 3 rings (SSSR count). The van der Waals surface area contributed by atoms with Crippen molar-refractivity contribution in [3.8, 4) is 0 Å². The molecule has 0 radical (unpaired) electrons. The zero-order valence-electron chi connectivity index (χ0n) is 13.5. The molecule has 0 bridgehead atoms. The second-order valence-electron chi connectivity index (χ2n) is 6.21. The summed E-state index contributed by atoms with van der Waals surface area (Å²) in [6.07, 6.45) is 9.23. The molecule has 1 heterocycles. The fourth-order valence-corrected chi connectivity index (χ4v) is 3.02. The van der Waals surface area contributed by atoms with Crippen LogP contribution in [0, 0.1) is 6.92 Å². The summed E-state index contributed by atoms with van der Waals surface area (Å²) in [6.45, 7) is 2.05.